The van der Waals surface area contributed by atoms with E-state index in [0.29, 0.717) is 6.61 Å². The number of carbonyl (C=O) groups is 1. The van der Waals surface area contributed by atoms with Crippen LogP contribution in [-0.4, -0.2) is 12.5 Å². The number of halogens is 1. The summed E-state index contributed by atoms with van der Waals surface area (Å²) in [5.41, 5.74) is 3.06. The first kappa shape index (κ1) is 14.1. The van der Waals surface area contributed by atoms with Crippen LogP contribution in [0.3, 0.4) is 0 Å². The zero-order valence-corrected chi connectivity index (χ0v) is 13.1. The van der Waals surface area contributed by atoms with Crippen LogP contribution in [-0.2, 0) is 16.5 Å². The lowest BCUT2D eigenvalue weighted by molar-refractivity contribution is -0.121. The molecular formula is C17H16BrNO2. The Morgan fingerprint density at radius 1 is 1.24 bits per heavy atom. The number of benzene rings is 2. The van der Waals surface area contributed by atoms with Gasteiger partial charge in [-0.25, -0.2) is 0 Å². The topological polar surface area (TPSA) is 38.3 Å². The van der Waals surface area contributed by atoms with Crippen molar-refractivity contribution in [2.75, 3.05) is 11.9 Å². The van der Waals surface area contributed by atoms with Gasteiger partial charge in [0.2, 0.25) is 5.91 Å². The van der Waals surface area contributed by atoms with E-state index in [4.69, 9.17) is 4.74 Å². The van der Waals surface area contributed by atoms with Crippen molar-refractivity contribution in [3.8, 4) is 5.75 Å². The van der Waals surface area contributed by atoms with Gasteiger partial charge in [0.1, 0.15) is 12.4 Å². The lowest BCUT2D eigenvalue weighted by Gasteiger charge is -2.24. The predicted octanol–water partition coefficient (Wildman–Crippen LogP) is 3.77. The zero-order chi connectivity index (χ0) is 14.7. The number of hydrogen-bond donors (Lipinski definition) is 1. The van der Waals surface area contributed by atoms with Gasteiger partial charge in [0.05, 0.1) is 5.92 Å². The number of amides is 1. The molecule has 1 amide bonds. The SMILES string of the molecule is O=C(Nc1cccc(CBr)c1)C1COc2ccccc2C1. The van der Waals surface area contributed by atoms with Crippen LogP contribution in [0.25, 0.3) is 0 Å². The van der Waals surface area contributed by atoms with E-state index in [1.165, 1.54) is 0 Å². The second-order valence-corrected chi connectivity index (χ2v) is 5.70. The molecule has 1 unspecified atom stereocenters. The largest absolute Gasteiger partial charge is 0.492 e. The van der Waals surface area contributed by atoms with E-state index in [0.717, 1.165) is 34.3 Å². The summed E-state index contributed by atoms with van der Waals surface area (Å²) < 4.78 is 5.67. The van der Waals surface area contributed by atoms with Gasteiger partial charge in [0.15, 0.2) is 0 Å². The Kier molecular flexibility index (Phi) is 4.25. The number of ether oxygens (including phenoxy) is 1. The maximum absolute atomic E-state index is 12.4. The van der Waals surface area contributed by atoms with E-state index >= 15 is 0 Å². The summed E-state index contributed by atoms with van der Waals surface area (Å²) in [7, 11) is 0. The third-order valence-electron chi connectivity index (χ3n) is 3.60. The summed E-state index contributed by atoms with van der Waals surface area (Å²) in [6.07, 6.45) is 0.722. The van der Waals surface area contributed by atoms with Gasteiger partial charge in [-0.15, -0.1) is 0 Å². The molecule has 1 aliphatic heterocycles. The Morgan fingerprint density at radius 3 is 2.95 bits per heavy atom. The molecule has 0 spiro atoms. The molecule has 108 valence electrons. The predicted molar refractivity (Wildman–Crippen MR) is 86.8 cm³/mol. The van der Waals surface area contributed by atoms with Gasteiger partial charge in [-0.05, 0) is 35.7 Å². The van der Waals surface area contributed by atoms with E-state index in [1.807, 2.05) is 48.5 Å². The Bertz CT molecular complexity index is 657. The van der Waals surface area contributed by atoms with Crippen molar-refractivity contribution in [3.63, 3.8) is 0 Å². The van der Waals surface area contributed by atoms with E-state index in [2.05, 4.69) is 21.2 Å². The highest BCUT2D eigenvalue weighted by atomic mass is 79.9. The zero-order valence-electron chi connectivity index (χ0n) is 11.5. The highest BCUT2D eigenvalue weighted by Gasteiger charge is 2.25. The Balaban J connectivity index is 1.69. The Hall–Kier alpha value is -1.81. The summed E-state index contributed by atoms with van der Waals surface area (Å²) >= 11 is 3.42. The molecule has 3 rings (SSSR count). The van der Waals surface area contributed by atoms with Crippen LogP contribution < -0.4 is 10.1 Å². The van der Waals surface area contributed by atoms with Gasteiger partial charge in [0.25, 0.3) is 0 Å². The third kappa shape index (κ3) is 3.27. The van der Waals surface area contributed by atoms with Crippen molar-refractivity contribution in [2.45, 2.75) is 11.8 Å². The van der Waals surface area contributed by atoms with Crippen molar-refractivity contribution in [2.24, 2.45) is 5.92 Å². The van der Waals surface area contributed by atoms with Crippen LogP contribution in [0.4, 0.5) is 5.69 Å². The van der Waals surface area contributed by atoms with E-state index in [1.54, 1.807) is 0 Å². The second kappa shape index (κ2) is 6.31. The number of hydrogen-bond acceptors (Lipinski definition) is 2. The summed E-state index contributed by atoms with van der Waals surface area (Å²) in [5.74, 6) is 0.756. The average Bonchev–Trinajstić information content (AvgIpc) is 2.54. The van der Waals surface area contributed by atoms with Gasteiger partial charge >= 0.3 is 0 Å². The van der Waals surface area contributed by atoms with E-state index in [9.17, 15) is 4.79 Å². The lowest BCUT2D eigenvalue weighted by Crippen LogP contribution is -2.32. The normalized spacial score (nSPS) is 16.7. The van der Waals surface area contributed by atoms with Crippen LogP contribution in [0, 0.1) is 5.92 Å². The van der Waals surface area contributed by atoms with E-state index in [-0.39, 0.29) is 11.8 Å². The van der Waals surface area contributed by atoms with Crippen LogP contribution in [0.1, 0.15) is 11.1 Å². The molecule has 3 nitrogen and oxygen atoms in total. The molecule has 1 atom stereocenters. The van der Waals surface area contributed by atoms with Crippen LogP contribution in [0.15, 0.2) is 48.5 Å². The smallest absolute Gasteiger partial charge is 0.231 e. The highest BCUT2D eigenvalue weighted by molar-refractivity contribution is 9.08. The molecule has 0 aliphatic carbocycles. The first-order valence-corrected chi connectivity index (χ1v) is 8.05. The molecule has 0 saturated carbocycles. The molecule has 0 bridgehead atoms. The van der Waals surface area contributed by atoms with Crippen LogP contribution in [0.2, 0.25) is 0 Å². The molecular weight excluding hydrogens is 330 g/mol. The summed E-state index contributed by atoms with van der Waals surface area (Å²) in [4.78, 5) is 12.4. The molecule has 0 aromatic heterocycles. The molecule has 1 N–H and O–H groups in total. The fraction of sp³-hybridized carbons (Fsp3) is 0.235. The van der Waals surface area contributed by atoms with Crippen LogP contribution >= 0.6 is 15.9 Å². The van der Waals surface area contributed by atoms with Crippen molar-refractivity contribution in [1.29, 1.82) is 0 Å². The quantitative estimate of drug-likeness (QED) is 0.860. The maximum Gasteiger partial charge on any atom is 0.231 e. The first-order chi connectivity index (χ1) is 10.3. The molecule has 0 saturated heterocycles. The number of fused-ring (bicyclic) bond motifs is 1. The van der Waals surface area contributed by atoms with Gasteiger partial charge in [-0.3, -0.25) is 4.79 Å². The molecule has 1 aliphatic rings. The van der Waals surface area contributed by atoms with Gasteiger partial charge < -0.3 is 10.1 Å². The monoisotopic (exact) mass is 345 g/mol. The minimum absolute atomic E-state index is 0.0104. The number of alkyl halides is 1. The highest BCUT2D eigenvalue weighted by Crippen LogP contribution is 2.27. The number of rotatable bonds is 3. The van der Waals surface area contributed by atoms with Gasteiger partial charge in [0, 0.05) is 11.0 Å². The molecule has 1 heterocycles. The maximum atomic E-state index is 12.4. The summed E-state index contributed by atoms with van der Waals surface area (Å²) in [5, 5.41) is 3.75. The fourth-order valence-corrected chi connectivity index (χ4v) is 2.82. The second-order valence-electron chi connectivity index (χ2n) is 5.14. The summed E-state index contributed by atoms with van der Waals surface area (Å²) in [6.45, 7) is 0.432. The van der Waals surface area contributed by atoms with Crippen molar-refractivity contribution in [3.05, 3.63) is 59.7 Å². The van der Waals surface area contributed by atoms with Gasteiger partial charge in [-0.1, -0.05) is 46.3 Å². The first-order valence-electron chi connectivity index (χ1n) is 6.93. The van der Waals surface area contributed by atoms with Crippen molar-refractivity contribution >= 4 is 27.5 Å². The number of nitrogens with one attached hydrogen (secondary N) is 1. The number of para-hydroxylation sites is 1. The Labute approximate surface area is 132 Å². The van der Waals surface area contributed by atoms with Gasteiger partial charge in [-0.2, -0.15) is 0 Å². The van der Waals surface area contributed by atoms with Crippen molar-refractivity contribution < 1.29 is 9.53 Å². The van der Waals surface area contributed by atoms with Crippen molar-refractivity contribution in [1.82, 2.24) is 0 Å². The third-order valence-corrected chi connectivity index (χ3v) is 4.25. The number of anilines is 1. The molecule has 21 heavy (non-hydrogen) atoms. The fourth-order valence-electron chi connectivity index (χ4n) is 2.47. The van der Waals surface area contributed by atoms with Crippen LogP contribution in [0.5, 0.6) is 5.75 Å². The lowest BCUT2D eigenvalue weighted by atomic mass is 9.96. The minimum Gasteiger partial charge on any atom is -0.492 e. The minimum atomic E-state index is -0.146. The Morgan fingerprint density at radius 2 is 2.10 bits per heavy atom. The average molecular weight is 346 g/mol. The molecule has 4 heteroatoms. The molecule has 2 aromatic rings. The molecule has 2 aromatic carbocycles. The standard InChI is InChI=1S/C17H16BrNO2/c18-10-12-4-3-6-15(8-12)19-17(20)14-9-13-5-1-2-7-16(13)21-11-14/h1-8,14H,9-11H2,(H,19,20). The molecule has 0 radical (unpaired) electrons. The number of carbonyl (C=O) groups excluding carboxylic acids is 1. The van der Waals surface area contributed by atoms with E-state index < -0.39 is 0 Å². The summed E-state index contributed by atoms with van der Waals surface area (Å²) in [6, 6.07) is 15.7. The molecule has 0 fully saturated rings.